The standard InChI is InChI=1S/C14H16F3NO/c1-3-18-12-5-4-11(14(15,16)17)6-10(12)7-13(18)9(2)8-19/h4-7,9,19H,3,8H2,1-2H3. The molecule has 2 aromatic rings. The molecule has 0 fully saturated rings. The van der Waals surface area contributed by atoms with Gasteiger partial charge in [-0.05, 0) is 31.2 Å². The second-order valence-corrected chi connectivity index (χ2v) is 4.67. The van der Waals surface area contributed by atoms with Gasteiger partial charge in [0.2, 0.25) is 0 Å². The molecule has 19 heavy (non-hydrogen) atoms. The summed E-state index contributed by atoms with van der Waals surface area (Å²) in [6.07, 6.45) is -4.33. The summed E-state index contributed by atoms with van der Waals surface area (Å²) >= 11 is 0. The highest BCUT2D eigenvalue weighted by molar-refractivity contribution is 5.82. The van der Waals surface area contributed by atoms with Crippen LogP contribution in [-0.2, 0) is 12.7 Å². The van der Waals surface area contributed by atoms with Crippen LogP contribution in [0.1, 0.15) is 31.0 Å². The van der Waals surface area contributed by atoms with Crippen LogP contribution in [0.3, 0.4) is 0 Å². The lowest BCUT2D eigenvalue weighted by molar-refractivity contribution is -0.137. The lowest BCUT2D eigenvalue weighted by Gasteiger charge is -2.12. The Balaban J connectivity index is 2.62. The van der Waals surface area contributed by atoms with E-state index in [0.29, 0.717) is 11.9 Å². The molecule has 0 bridgehead atoms. The van der Waals surface area contributed by atoms with Gasteiger partial charge in [0.15, 0.2) is 0 Å². The van der Waals surface area contributed by atoms with Crippen molar-refractivity contribution in [2.45, 2.75) is 32.5 Å². The van der Waals surface area contributed by atoms with Crippen LogP contribution in [0.4, 0.5) is 13.2 Å². The van der Waals surface area contributed by atoms with E-state index in [-0.39, 0.29) is 12.5 Å². The zero-order valence-electron chi connectivity index (χ0n) is 10.8. The molecule has 0 radical (unpaired) electrons. The summed E-state index contributed by atoms with van der Waals surface area (Å²) in [7, 11) is 0. The van der Waals surface area contributed by atoms with Gasteiger partial charge in [-0.25, -0.2) is 0 Å². The first-order valence-corrected chi connectivity index (χ1v) is 6.19. The molecule has 104 valence electrons. The zero-order chi connectivity index (χ0) is 14.2. The van der Waals surface area contributed by atoms with Gasteiger partial charge in [0.1, 0.15) is 0 Å². The number of aliphatic hydroxyl groups is 1. The predicted octanol–water partition coefficient (Wildman–Crippen LogP) is 3.78. The third kappa shape index (κ3) is 2.47. The summed E-state index contributed by atoms with van der Waals surface area (Å²) in [5.41, 5.74) is 0.988. The largest absolute Gasteiger partial charge is 0.416 e. The van der Waals surface area contributed by atoms with Gasteiger partial charge in [0.05, 0.1) is 12.2 Å². The van der Waals surface area contributed by atoms with E-state index in [1.807, 2.05) is 18.4 Å². The maximum atomic E-state index is 12.7. The van der Waals surface area contributed by atoms with E-state index < -0.39 is 11.7 Å². The topological polar surface area (TPSA) is 25.2 Å². The van der Waals surface area contributed by atoms with Crippen molar-refractivity contribution in [1.82, 2.24) is 4.57 Å². The molecule has 5 heteroatoms. The first-order chi connectivity index (χ1) is 8.88. The van der Waals surface area contributed by atoms with Crippen LogP contribution in [0.25, 0.3) is 10.9 Å². The van der Waals surface area contributed by atoms with Crippen molar-refractivity contribution in [2.75, 3.05) is 6.61 Å². The SMILES string of the molecule is CCn1c(C(C)CO)cc2cc(C(F)(F)F)ccc21. The summed E-state index contributed by atoms with van der Waals surface area (Å²) in [4.78, 5) is 0. The molecule has 0 spiro atoms. The summed E-state index contributed by atoms with van der Waals surface area (Å²) in [5, 5.41) is 9.79. The van der Waals surface area contributed by atoms with Gasteiger partial charge >= 0.3 is 6.18 Å². The normalized spacial score (nSPS) is 14.0. The molecule has 1 N–H and O–H groups in total. The summed E-state index contributed by atoms with van der Waals surface area (Å²) in [6.45, 7) is 4.42. The van der Waals surface area contributed by atoms with E-state index in [2.05, 4.69) is 0 Å². The second kappa shape index (κ2) is 4.89. The number of nitrogens with zero attached hydrogens (tertiary/aromatic N) is 1. The number of fused-ring (bicyclic) bond motifs is 1. The van der Waals surface area contributed by atoms with Gasteiger partial charge in [-0.15, -0.1) is 0 Å². The monoisotopic (exact) mass is 271 g/mol. The van der Waals surface area contributed by atoms with Crippen LogP contribution < -0.4 is 0 Å². The number of alkyl halides is 3. The third-order valence-corrected chi connectivity index (χ3v) is 3.36. The van der Waals surface area contributed by atoms with Crippen molar-refractivity contribution in [1.29, 1.82) is 0 Å². The highest BCUT2D eigenvalue weighted by Gasteiger charge is 2.30. The van der Waals surface area contributed by atoms with E-state index in [1.54, 1.807) is 6.07 Å². The highest BCUT2D eigenvalue weighted by atomic mass is 19.4. The Morgan fingerprint density at radius 2 is 1.95 bits per heavy atom. The molecule has 1 aromatic carbocycles. The van der Waals surface area contributed by atoms with E-state index >= 15 is 0 Å². The number of aromatic nitrogens is 1. The van der Waals surface area contributed by atoms with Crippen LogP contribution in [0.15, 0.2) is 24.3 Å². The minimum atomic E-state index is -4.33. The molecule has 1 aromatic heterocycles. The Hall–Kier alpha value is -1.49. The Bertz CT molecular complexity index is 586. The summed E-state index contributed by atoms with van der Waals surface area (Å²) in [6, 6.07) is 5.49. The Kier molecular flexibility index (Phi) is 3.58. The average molecular weight is 271 g/mol. The molecule has 0 aliphatic rings. The third-order valence-electron chi connectivity index (χ3n) is 3.36. The number of halogens is 3. The summed E-state index contributed by atoms with van der Waals surface area (Å²) < 4.78 is 40.0. The first-order valence-electron chi connectivity index (χ1n) is 6.19. The number of aryl methyl sites for hydroxylation is 1. The Morgan fingerprint density at radius 3 is 2.47 bits per heavy atom. The number of hydrogen-bond acceptors (Lipinski definition) is 1. The van der Waals surface area contributed by atoms with Crippen molar-refractivity contribution in [3.8, 4) is 0 Å². The quantitative estimate of drug-likeness (QED) is 0.903. The van der Waals surface area contributed by atoms with Crippen LogP contribution in [0, 0.1) is 0 Å². The average Bonchev–Trinajstić information content (AvgIpc) is 2.74. The van der Waals surface area contributed by atoms with Gasteiger partial charge in [0.25, 0.3) is 0 Å². The van der Waals surface area contributed by atoms with Crippen molar-refractivity contribution in [2.24, 2.45) is 0 Å². The molecular formula is C14H16F3NO. The number of rotatable bonds is 3. The molecule has 0 amide bonds. The van der Waals surface area contributed by atoms with E-state index in [9.17, 15) is 18.3 Å². The molecule has 1 unspecified atom stereocenters. The highest BCUT2D eigenvalue weighted by Crippen LogP contribution is 2.33. The fourth-order valence-corrected chi connectivity index (χ4v) is 2.32. The number of benzene rings is 1. The maximum Gasteiger partial charge on any atom is 0.416 e. The van der Waals surface area contributed by atoms with Crippen LogP contribution in [0.2, 0.25) is 0 Å². The van der Waals surface area contributed by atoms with Gasteiger partial charge in [-0.1, -0.05) is 6.92 Å². The van der Waals surface area contributed by atoms with Crippen molar-refractivity contribution in [3.63, 3.8) is 0 Å². The van der Waals surface area contributed by atoms with Crippen molar-refractivity contribution >= 4 is 10.9 Å². The second-order valence-electron chi connectivity index (χ2n) is 4.67. The van der Waals surface area contributed by atoms with E-state index in [0.717, 1.165) is 23.3 Å². The lowest BCUT2D eigenvalue weighted by atomic mass is 10.1. The number of hydrogen-bond donors (Lipinski definition) is 1. The Labute approximate surface area is 109 Å². The fourth-order valence-electron chi connectivity index (χ4n) is 2.32. The molecule has 1 heterocycles. The first kappa shape index (κ1) is 13.9. The smallest absolute Gasteiger partial charge is 0.396 e. The molecule has 0 aliphatic heterocycles. The molecule has 0 saturated heterocycles. The van der Waals surface area contributed by atoms with E-state index in [1.165, 1.54) is 6.07 Å². The molecule has 2 nitrogen and oxygen atoms in total. The summed E-state index contributed by atoms with van der Waals surface area (Å²) in [5.74, 6) is -0.0957. The zero-order valence-corrected chi connectivity index (χ0v) is 10.8. The maximum absolute atomic E-state index is 12.7. The molecular weight excluding hydrogens is 255 g/mol. The van der Waals surface area contributed by atoms with Gasteiger partial charge in [-0.2, -0.15) is 13.2 Å². The minimum Gasteiger partial charge on any atom is -0.396 e. The fraction of sp³-hybridized carbons (Fsp3) is 0.429. The molecule has 1 atom stereocenters. The van der Waals surface area contributed by atoms with Gasteiger partial charge in [0, 0.05) is 29.1 Å². The van der Waals surface area contributed by atoms with Crippen LogP contribution >= 0.6 is 0 Å². The van der Waals surface area contributed by atoms with Crippen LogP contribution in [0.5, 0.6) is 0 Å². The van der Waals surface area contributed by atoms with Gasteiger partial charge < -0.3 is 9.67 Å². The Morgan fingerprint density at radius 1 is 1.26 bits per heavy atom. The van der Waals surface area contributed by atoms with Gasteiger partial charge in [-0.3, -0.25) is 0 Å². The molecule has 0 aliphatic carbocycles. The lowest BCUT2D eigenvalue weighted by Crippen LogP contribution is -2.07. The van der Waals surface area contributed by atoms with Crippen LogP contribution in [-0.4, -0.2) is 16.3 Å². The molecule has 2 rings (SSSR count). The predicted molar refractivity (Wildman–Crippen MR) is 68.1 cm³/mol. The number of aliphatic hydroxyl groups excluding tert-OH is 1. The van der Waals surface area contributed by atoms with Crippen molar-refractivity contribution in [3.05, 3.63) is 35.5 Å². The molecule has 0 saturated carbocycles. The minimum absolute atomic E-state index is 0.0253. The van der Waals surface area contributed by atoms with Crippen molar-refractivity contribution < 1.29 is 18.3 Å². The van der Waals surface area contributed by atoms with E-state index in [4.69, 9.17) is 0 Å².